The van der Waals surface area contributed by atoms with Crippen LogP contribution in [0.25, 0.3) is 0 Å². The fourth-order valence-corrected chi connectivity index (χ4v) is 2.01. The molecule has 0 radical (unpaired) electrons. The van der Waals surface area contributed by atoms with E-state index in [9.17, 15) is 4.79 Å². The third-order valence-corrected chi connectivity index (χ3v) is 2.63. The second-order valence-electron chi connectivity index (χ2n) is 3.04. The molecule has 0 atom stereocenters. The number of methoxy groups -OCH3 is 1. The molecule has 0 amide bonds. The van der Waals surface area contributed by atoms with Crippen LogP contribution >= 0.6 is 15.9 Å². The Morgan fingerprint density at radius 3 is 3.07 bits per heavy atom. The Kier molecular flexibility index (Phi) is 2.93. The summed E-state index contributed by atoms with van der Waals surface area (Å²) in [7, 11) is 1.54. The van der Waals surface area contributed by atoms with E-state index in [0.717, 1.165) is 0 Å². The van der Waals surface area contributed by atoms with Gasteiger partial charge in [0.05, 0.1) is 5.56 Å². The van der Waals surface area contributed by atoms with Crippen LogP contribution in [0, 0.1) is 0 Å². The number of halogens is 1. The first-order valence-corrected chi connectivity index (χ1v) is 5.13. The molecule has 0 spiro atoms. The van der Waals surface area contributed by atoms with Gasteiger partial charge >= 0.3 is 0 Å². The van der Waals surface area contributed by atoms with Crippen LogP contribution in [0.15, 0.2) is 16.6 Å². The van der Waals surface area contributed by atoms with Crippen LogP contribution < -0.4 is 9.47 Å². The van der Waals surface area contributed by atoms with Crippen molar-refractivity contribution < 1.29 is 19.0 Å². The smallest absolute Gasteiger partial charge is 0.205 e. The van der Waals surface area contributed by atoms with Crippen molar-refractivity contribution in [3.8, 4) is 11.5 Å². The molecule has 15 heavy (non-hydrogen) atoms. The standard InChI is InChI=1S/C10H9BrO4/c1-13-5-15-6-2-7(11)10-8(12)4-14-9(10)3-6/h2-3H,4-5H2,1H3. The third kappa shape index (κ3) is 1.98. The number of ether oxygens (including phenoxy) is 3. The summed E-state index contributed by atoms with van der Waals surface area (Å²) in [5.41, 5.74) is 0.583. The van der Waals surface area contributed by atoms with Gasteiger partial charge in [0.15, 0.2) is 13.4 Å². The molecule has 2 rings (SSSR count). The van der Waals surface area contributed by atoms with E-state index in [4.69, 9.17) is 14.2 Å². The van der Waals surface area contributed by atoms with Gasteiger partial charge in [-0.05, 0) is 22.0 Å². The molecule has 80 valence electrons. The van der Waals surface area contributed by atoms with E-state index in [0.29, 0.717) is 21.5 Å². The monoisotopic (exact) mass is 272 g/mol. The second-order valence-corrected chi connectivity index (χ2v) is 3.90. The van der Waals surface area contributed by atoms with E-state index in [1.165, 1.54) is 0 Å². The molecule has 0 aromatic heterocycles. The lowest BCUT2D eigenvalue weighted by atomic mass is 10.1. The molecule has 0 aliphatic carbocycles. The molecule has 0 unspecified atom stereocenters. The van der Waals surface area contributed by atoms with Gasteiger partial charge in [0.1, 0.15) is 11.5 Å². The average molecular weight is 273 g/mol. The molecule has 1 heterocycles. The Morgan fingerprint density at radius 2 is 2.33 bits per heavy atom. The Hall–Kier alpha value is -1.07. The summed E-state index contributed by atoms with van der Waals surface area (Å²) in [6, 6.07) is 3.41. The van der Waals surface area contributed by atoms with Crippen molar-refractivity contribution in [2.24, 2.45) is 0 Å². The molecule has 1 aliphatic heterocycles. The Bertz CT molecular complexity index is 403. The molecule has 0 bridgehead atoms. The molecule has 1 aromatic carbocycles. The largest absolute Gasteiger partial charge is 0.484 e. The van der Waals surface area contributed by atoms with Crippen molar-refractivity contribution in [1.82, 2.24) is 0 Å². The quantitative estimate of drug-likeness (QED) is 0.790. The van der Waals surface area contributed by atoms with Crippen molar-refractivity contribution >= 4 is 21.7 Å². The third-order valence-electron chi connectivity index (χ3n) is 2.01. The normalized spacial score (nSPS) is 13.6. The molecule has 1 aromatic rings. The van der Waals surface area contributed by atoms with Crippen molar-refractivity contribution in [2.45, 2.75) is 0 Å². The first kappa shape index (κ1) is 10.4. The zero-order chi connectivity index (χ0) is 10.8. The van der Waals surface area contributed by atoms with Gasteiger partial charge in [-0.2, -0.15) is 0 Å². The molecular weight excluding hydrogens is 264 g/mol. The van der Waals surface area contributed by atoms with Crippen molar-refractivity contribution in [1.29, 1.82) is 0 Å². The maximum absolute atomic E-state index is 11.4. The summed E-state index contributed by atoms with van der Waals surface area (Å²) < 4.78 is 15.9. The van der Waals surface area contributed by atoms with Gasteiger partial charge in [-0.3, -0.25) is 4.79 Å². The van der Waals surface area contributed by atoms with Gasteiger partial charge in [-0.25, -0.2) is 0 Å². The van der Waals surface area contributed by atoms with Crippen molar-refractivity contribution in [2.75, 3.05) is 20.5 Å². The van der Waals surface area contributed by atoms with Crippen LogP contribution in [0.4, 0.5) is 0 Å². The van der Waals surface area contributed by atoms with Gasteiger partial charge in [0, 0.05) is 17.6 Å². The topological polar surface area (TPSA) is 44.8 Å². The lowest BCUT2D eigenvalue weighted by Crippen LogP contribution is -2.00. The van der Waals surface area contributed by atoms with E-state index < -0.39 is 0 Å². The lowest BCUT2D eigenvalue weighted by Gasteiger charge is -2.07. The molecule has 0 saturated carbocycles. The molecule has 1 aliphatic rings. The SMILES string of the molecule is COCOc1cc(Br)c2c(c1)OCC2=O. The number of carbonyl (C=O) groups is 1. The highest BCUT2D eigenvalue weighted by atomic mass is 79.9. The van der Waals surface area contributed by atoms with Crippen LogP contribution in [-0.2, 0) is 4.74 Å². The van der Waals surface area contributed by atoms with Gasteiger partial charge in [-0.1, -0.05) is 0 Å². The predicted molar refractivity (Wildman–Crippen MR) is 56.5 cm³/mol. The molecular formula is C10H9BrO4. The minimum absolute atomic E-state index is 0.0184. The van der Waals surface area contributed by atoms with Crippen molar-refractivity contribution in [3.63, 3.8) is 0 Å². The van der Waals surface area contributed by atoms with Crippen LogP contribution in [0.1, 0.15) is 10.4 Å². The lowest BCUT2D eigenvalue weighted by molar-refractivity contribution is 0.0509. The number of rotatable bonds is 3. The summed E-state index contributed by atoms with van der Waals surface area (Å²) in [4.78, 5) is 11.4. The number of benzene rings is 1. The number of ketones is 1. The van der Waals surface area contributed by atoms with Crippen LogP contribution in [0.3, 0.4) is 0 Å². The zero-order valence-electron chi connectivity index (χ0n) is 8.08. The first-order chi connectivity index (χ1) is 7.22. The molecule has 0 fully saturated rings. The van der Waals surface area contributed by atoms with Crippen molar-refractivity contribution in [3.05, 3.63) is 22.2 Å². The summed E-state index contributed by atoms with van der Waals surface area (Å²) in [6.45, 7) is 0.265. The van der Waals surface area contributed by atoms with Gasteiger partial charge in [-0.15, -0.1) is 0 Å². The number of fused-ring (bicyclic) bond motifs is 1. The maximum Gasteiger partial charge on any atom is 0.205 e. The maximum atomic E-state index is 11.4. The first-order valence-electron chi connectivity index (χ1n) is 4.33. The fourth-order valence-electron chi connectivity index (χ4n) is 1.37. The Morgan fingerprint density at radius 1 is 1.53 bits per heavy atom. The Labute approximate surface area is 95.3 Å². The average Bonchev–Trinajstić information content (AvgIpc) is 2.58. The van der Waals surface area contributed by atoms with Crippen LogP contribution in [0.2, 0.25) is 0 Å². The van der Waals surface area contributed by atoms with E-state index >= 15 is 0 Å². The summed E-state index contributed by atoms with van der Waals surface area (Å²) in [5, 5.41) is 0. The minimum atomic E-state index is -0.0184. The zero-order valence-corrected chi connectivity index (χ0v) is 9.67. The van der Waals surface area contributed by atoms with E-state index in [1.54, 1.807) is 19.2 Å². The van der Waals surface area contributed by atoms with Gasteiger partial charge < -0.3 is 14.2 Å². The highest BCUT2D eigenvalue weighted by molar-refractivity contribution is 9.10. The van der Waals surface area contributed by atoms with E-state index in [2.05, 4.69) is 15.9 Å². The predicted octanol–water partition coefficient (Wildman–Crippen LogP) is 2.01. The number of hydrogen-bond donors (Lipinski definition) is 0. The van der Waals surface area contributed by atoms with Gasteiger partial charge in [0.25, 0.3) is 0 Å². The summed E-state index contributed by atoms with van der Waals surface area (Å²) >= 11 is 3.31. The fraction of sp³-hybridized carbons (Fsp3) is 0.300. The number of hydrogen-bond acceptors (Lipinski definition) is 4. The van der Waals surface area contributed by atoms with Crippen LogP contribution in [-0.4, -0.2) is 26.3 Å². The highest BCUT2D eigenvalue weighted by Gasteiger charge is 2.24. The molecule has 4 nitrogen and oxygen atoms in total. The van der Waals surface area contributed by atoms with Gasteiger partial charge in [0.2, 0.25) is 5.78 Å². The van der Waals surface area contributed by atoms with E-state index in [-0.39, 0.29) is 19.2 Å². The van der Waals surface area contributed by atoms with E-state index in [1.807, 2.05) is 0 Å². The number of carbonyl (C=O) groups excluding carboxylic acids is 1. The Balaban J connectivity index is 2.31. The molecule has 0 N–H and O–H groups in total. The highest BCUT2D eigenvalue weighted by Crippen LogP contribution is 2.36. The molecule has 0 saturated heterocycles. The second kappa shape index (κ2) is 4.20. The molecule has 5 heteroatoms. The number of Topliss-reactive ketones (excluding diaryl/α,β-unsaturated/α-hetero) is 1. The summed E-state index contributed by atoms with van der Waals surface area (Å²) in [5.74, 6) is 1.15. The summed E-state index contributed by atoms with van der Waals surface area (Å²) in [6.07, 6.45) is 0. The van der Waals surface area contributed by atoms with Crippen LogP contribution in [0.5, 0.6) is 11.5 Å². The minimum Gasteiger partial charge on any atom is -0.484 e.